The van der Waals surface area contributed by atoms with Crippen molar-refractivity contribution < 1.29 is 22.7 Å². The molecule has 1 heterocycles. The van der Waals surface area contributed by atoms with Gasteiger partial charge in [-0.05, 0) is 18.8 Å². The van der Waals surface area contributed by atoms with Crippen molar-refractivity contribution in [2.24, 2.45) is 5.92 Å². The Morgan fingerprint density at radius 3 is 2.76 bits per heavy atom. The molecule has 0 saturated carbocycles. The lowest BCUT2D eigenvalue weighted by Crippen LogP contribution is -2.38. The molecular formula is C10H17F3N2O2. The minimum Gasteiger partial charge on any atom is -0.381 e. The average Bonchev–Trinajstić information content (AvgIpc) is 2.68. The summed E-state index contributed by atoms with van der Waals surface area (Å²) in [5, 5.41) is 4.61. The van der Waals surface area contributed by atoms with Crippen molar-refractivity contribution in [3.63, 3.8) is 0 Å². The van der Waals surface area contributed by atoms with Crippen LogP contribution in [0.15, 0.2) is 0 Å². The third kappa shape index (κ3) is 7.17. The highest BCUT2D eigenvalue weighted by molar-refractivity contribution is 5.77. The Bertz CT molecular complexity index is 240. The highest BCUT2D eigenvalue weighted by Gasteiger charge is 2.26. The van der Waals surface area contributed by atoms with Gasteiger partial charge in [-0.3, -0.25) is 4.79 Å². The van der Waals surface area contributed by atoms with Crippen molar-refractivity contribution in [3.8, 4) is 0 Å². The molecule has 0 radical (unpaired) electrons. The number of carbonyl (C=O) groups excluding carboxylic acids is 1. The molecule has 1 aliphatic rings. The average molecular weight is 254 g/mol. The SMILES string of the molecule is O=C(CNCC(F)(F)F)NCCC1CCOC1. The van der Waals surface area contributed by atoms with Gasteiger partial charge in [0.05, 0.1) is 13.1 Å². The van der Waals surface area contributed by atoms with Gasteiger partial charge in [0.1, 0.15) is 0 Å². The Hall–Kier alpha value is -0.820. The van der Waals surface area contributed by atoms with Crippen molar-refractivity contribution >= 4 is 5.91 Å². The molecule has 0 aromatic heterocycles. The first-order chi connectivity index (χ1) is 7.97. The van der Waals surface area contributed by atoms with E-state index in [1.54, 1.807) is 0 Å². The standard InChI is InChI=1S/C10H17F3N2O2/c11-10(12,13)7-14-5-9(16)15-3-1-8-2-4-17-6-8/h8,14H,1-7H2,(H,15,16). The molecule has 100 valence electrons. The molecular weight excluding hydrogens is 237 g/mol. The maximum Gasteiger partial charge on any atom is 0.401 e. The van der Waals surface area contributed by atoms with Crippen molar-refractivity contribution in [1.82, 2.24) is 10.6 Å². The van der Waals surface area contributed by atoms with Gasteiger partial charge in [-0.2, -0.15) is 13.2 Å². The summed E-state index contributed by atoms with van der Waals surface area (Å²) in [6.07, 6.45) is -2.48. The summed E-state index contributed by atoms with van der Waals surface area (Å²) in [5.41, 5.74) is 0. The third-order valence-electron chi connectivity index (χ3n) is 2.51. The van der Waals surface area contributed by atoms with E-state index in [1.807, 2.05) is 5.32 Å². The number of nitrogens with one attached hydrogen (secondary N) is 2. The molecule has 0 bridgehead atoms. The van der Waals surface area contributed by atoms with Crippen molar-refractivity contribution in [2.45, 2.75) is 19.0 Å². The van der Waals surface area contributed by atoms with E-state index in [2.05, 4.69) is 5.32 Å². The van der Waals surface area contributed by atoms with Crippen molar-refractivity contribution in [3.05, 3.63) is 0 Å². The van der Waals surface area contributed by atoms with Gasteiger partial charge in [-0.15, -0.1) is 0 Å². The van der Waals surface area contributed by atoms with E-state index in [-0.39, 0.29) is 6.54 Å². The van der Waals surface area contributed by atoms with Crippen LogP contribution in [-0.2, 0) is 9.53 Å². The second-order valence-corrected chi connectivity index (χ2v) is 4.09. The zero-order chi connectivity index (χ0) is 12.7. The van der Waals surface area contributed by atoms with Crippen LogP contribution in [0.5, 0.6) is 0 Å². The van der Waals surface area contributed by atoms with Crippen molar-refractivity contribution in [2.75, 3.05) is 32.8 Å². The molecule has 0 aromatic rings. The van der Waals surface area contributed by atoms with E-state index < -0.39 is 18.6 Å². The topological polar surface area (TPSA) is 50.4 Å². The molecule has 0 aliphatic carbocycles. The molecule has 4 nitrogen and oxygen atoms in total. The molecule has 1 amide bonds. The Morgan fingerprint density at radius 2 is 2.18 bits per heavy atom. The number of ether oxygens (including phenoxy) is 1. The van der Waals surface area contributed by atoms with E-state index in [0.29, 0.717) is 19.1 Å². The van der Waals surface area contributed by atoms with Gasteiger partial charge in [0, 0.05) is 19.8 Å². The van der Waals surface area contributed by atoms with Gasteiger partial charge < -0.3 is 15.4 Å². The lowest BCUT2D eigenvalue weighted by molar-refractivity contribution is -0.128. The fourth-order valence-electron chi connectivity index (χ4n) is 1.61. The predicted octanol–water partition coefficient (Wildman–Crippen LogP) is 0.681. The molecule has 1 aliphatic heterocycles. The second-order valence-electron chi connectivity index (χ2n) is 4.09. The normalized spacial score (nSPS) is 20.5. The molecule has 17 heavy (non-hydrogen) atoms. The number of halogens is 3. The monoisotopic (exact) mass is 254 g/mol. The molecule has 7 heteroatoms. The van der Waals surface area contributed by atoms with E-state index in [4.69, 9.17) is 4.74 Å². The van der Waals surface area contributed by atoms with E-state index in [0.717, 1.165) is 19.4 Å². The highest BCUT2D eigenvalue weighted by Crippen LogP contribution is 2.15. The summed E-state index contributed by atoms with van der Waals surface area (Å²) >= 11 is 0. The lowest BCUT2D eigenvalue weighted by atomic mass is 10.1. The maximum atomic E-state index is 11.8. The Labute approximate surface area is 97.9 Å². The van der Waals surface area contributed by atoms with Gasteiger partial charge >= 0.3 is 6.18 Å². The molecule has 1 saturated heterocycles. The molecule has 1 fully saturated rings. The van der Waals surface area contributed by atoms with E-state index in [9.17, 15) is 18.0 Å². The quantitative estimate of drug-likeness (QED) is 0.733. The number of amides is 1. The van der Waals surface area contributed by atoms with Crippen LogP contribution in [0.25, 0.3) is 0 Å². The van der Waals surface area contributed by atoms with Gasteiger partial charge in [0.15, 0.2) is 0 Å². The summed E-state index contributed by atoms with van der Waals surface area (Å²) < 4.78 is 40.4. The maximum absolute atomic E-state index is 11.8. The summed E-state index contributed by atoms with van der Waals surface area (Å²) in [7, 11) is 0. The summed E-state index contributed by atoms with van der Waals surface area (Å²) in [4.78, 5) is 11.1. The molecule has 0 spiro atoms. The van der Waals surface area contributed by atoms with E-state index in [1.165, 1.54) is 0 Å². The fourth-order valence-corrected chi connectivity index (χ4v) is 1.61. The molecule has 1 rings (SSSR count). The number of carbonyl (C=O) groups is 1. The van der Waals surface area contributed by atoms with Gasteiger partial charge in [-0.1, -0.05) is 0 Å². The van der Waals surface area contributed by atoms with Gasteiger partial charge in [0.2, 0.25) is 5.91 Å². The minimum atomic E-state index is -4.28. The first-order valence-electron chi connectivity index (χ1n) is 5.59. The largest absolute Gasteiger partial charge is 0.401 e. The summed E-state index contributed by atoms with van der Waals surface area (Å²) in [6, 6.07) is 0. The molecule has 1 atom stereocenters. The van der Waals surface area contributed by atoms with Crippen LogP contribution in [-0.4, -0.2) is 44.9 Å². The highest BCUT2D eigenvalue weighted by atomic mass is 19.4. The van der Waals surface area contributed by atoms with Crippen LogP contribution in [0.2, 0.25) is 0 Å². The number of rotatable bonds is 6. The Morgan fingerprint density at radius 1 is 1.41 bits per heavy atom. The number of hydrogen-bond donors (Lipinski definition) is 2. The molecule has 1 unspecified atom stereocenters. The predicted molar refractivity (Wildman–Crippen MR) is 55.5 cm³/mol. The molecule has 2 N–H and O–H groups in total. The minimum absolute atomic E-state index is 0.305. The summed E-state index contributed by atoms with van der Waals surface area (Å²) in [6.45, 7) is 0.506. The van der Waals surface area contributed by atoms with Crippen LogP contribution in [0.1, 0.15) is 12.8 Å². The van der Waals surface area contributed by atoms with Crippen LogP contribution >= 0.6 is 0 Å². The first-order valence-corrected chi connectivity index (χ1v) is 5.59. The van der Waals surface area contributed by atoms with Gasteiger partial charge in [0.25, 0.3) is 0 Å². The zero-order valence-electron chi connectivity index (χ0n) is 9.48. The smallest absolute Gasteiger partial charge is 0.381 e. The zero-order valence-corrected chi connectivity index (χ0v) is 9.48. The number of hydrogen-bond acceptors (Lipinski definition) is 3. The van der Waals surface area contributed by atoms with E-state index >= 15 is 0 Å². The summed E-state index contributed by atoms with van der Waals surface area (Å²) in [5.74, 6) is 0.0478. The first kappa shape index (κ1) is 14.2. The third-order valence-corrected chi connectivity index (χ3v) is 2.51. The second kappa shape index (κ2) is 6.80. The van der Waals surface area contributed by atoms with Crippen LogP contribution in [0.3, 0.4) is 0 Å². The molecule has 0 aromatic carbocycles. The van der Waals surface area contributed by atoms with Crippen LogP contribution < -0.4 is 10.6 Å². The van der Waals surface area contributed by atoms with Crippen LogP contribution in [0.4, 0.5) is 13.2 Å². The van der Waals surface area contributed by atoms with Gasteiger partial charge in [-0.25, -0.2) is 0 Å². The Balaban J connectivity index is 1.97. The number of alkyl halides is 3. The van der Waals surface area contributed by atoms with Crippen molar-refractivity contribution in [1.29, 1.82) is 0 Å². The lowest BCUT2D eigenvalue weighted by Gasteiger charge is -2.10. The Kier molecular flexibility index (Phi) is 5.70. The van der Waals surface area contributed by atoms with Crippen LogP contribution in [0, 0.1) is 5.92 Å². The fraction of sp³-hybridized carbons (Fsp3) is 0.900.